The second kappa shape index (κ2) is 3.82. The second-order valence-corrected chi connectivity index (χ2v) is 5.52. The minimum atomic E-state index is -0.0770. The van der Waals surface area contributed by atoms with Gasteiger partial charge >= 0.3 is 0 Å². The van der Waals surface area contributed by atoms with Crippen molar-refractivity contribution >= 4 is 0 Å². The molecule has 2 aliphatic heterocycles. The summed E-state index contributed by atoms with van der Waals surface area (Å²) in [5.41, 5.74) is 0. The average molecular weight is 197 g/mol. The van der Waals surface area contributed by atoms with Crippen LogP contribution in [-0.2, 0) is 0 Å². The smallest absolute Gasteiger partial charge is 0.0592 e. The van der Waals surface area contributed by atoms with Crippen molar-refractivity contribution in [3.8, 4) is 0 Å². The Morgan fingerprint density at radius 3 is 2.07 bits per heavy atom. The summed E-state index contributed by atoms with van der Waals surface area (Å²) in [6, 6.07) is 1.51. The molecule has 0 aromatic rings. The maximum absolute atomic E-state index is 10.1. The first-order valence-electron chi connectivity index (χ1n) is 5.99. The second-order valence-electron chi connectivity index (χ2n) is 5.52. The lowest BCUT2D eigenvalue weighted by Gasteiger charge is -2.39. The van der Waals surface area contributed by atoms with Crippen molar-refractivity contribution in [1.29, 1.82) is 0 Å². The summed E-state index contributed by atoms with van der Waals surface area (Å²) >= 11 is 0. The van der Waals surface area contributed by atoms with Crippen LogP contribution in [0, 0.1) is 11.8 Å². The molecule has 2 nitrogen and oxygen atoms in total. The highest BCUT2D eigenvalue weighted by molar-refractivity contribution is 4.95. The number of nitrogens with zero attached hydrogens (tertiary/aromatic N) is 1. The minimum absolute atomic E-state index is 0.0770. The van der Waals surface area contributed by atoms with Gasteiger partial charge in [0.1, 0.15) is 0 Å². The zero-order valence-corrected chi connectivity index (χ0v) is 9.61. The lowest BCUT2D eigenvalue weighted by atomic mass is 9.82. The van der Waals surface area contributed by atoms with E-state index >= 15 is 0 Å². The zero-order chi connectivity index (χ0) is 10.3. The first-order valence-corrected chi connectivity index (χ1v) is 5.99. The van der Waals surface area contributed by atoms with Crippen molar-refractivity contribution in [2.75, 3.05) is 7.05 Å². The van der Waals surface area contributed by atoms with E-state index in [-0.39, 0.29) is 6.10 Å². The Morgan fingerprint density at radius 2 is 1.64 bits per heavy atom. The fraction of sp³-hybridized carbons (Fsp3) is 1.00. The van der Waals surface area contributed by atoms with Crippen LogP contribution in [0.3, 0.4) is 0 Å². The summed E-state index contributed by atoms with van der Waals surface area (Å²) in [5.74, 6) is 0.978. The van der Waals surface area contributed by atoms with Crippen LogP contribution in [0.1, 0.15) is 39.5 Å². The number of hydrogen-bond acceptors (Lipinski definition) is 2. The third-order valence-corrected chi connectivity index (χ3v) is 4.30. The Balaban J connectivity index is 1.99. The number of aliphatic hydroxyl groups is 1. The van der Waals surface area contributed by atoms with Crippen molar-refractivity contribution in [1.82, 2.24) is 4.90 Å². The molecule has 2 rings (SSSR count). The largest absolute Gasteiger partial charge is 0.393 e. The van der Waals surface area contributed by atoms with Crippen LogP contribution in [0.15, 0.2) is 0 Å². The van der Waals surface area contributed by atoms with Gasteiger partial charge < -0.3 is 10.0 Å². The fourth-order valence-corrected chi connectivity index (χ4v) is 3.28. The van der Waals surface area contributed by atoms with E-state index in [0.29, 0.717) is 11.8 Å². The molecule has 0 radical (unpaired) electrons. The third kappa shape index (κ3) is 1.70. The Labute approximate surface area is 87.3 Å². The van der Waals surface area contributed by atoms with Crippen LogP contribution in [0.4, 0.5) is 0 Å². The minimum Gasteiger partial charge on any atom is -0.393 e. The van der Waals surface area contributed by atoms with E-state index < -0.39 is 0 Å². The molecule has 2 fully saturated rings. The van der Waals surface area contributed by atoms with E-state index in [4.69, 9.17) is 0 Å². The molecule has 0 aromatic heterocycles. The SMILES string of the molecule is CC(C)C(O)C1CC2CCC(C1)N2C. The molecule has 0 saturated carbocycles. The summed E-state index contributed by atoms with van der Waals surface area (Å²) in [6.45, 7) is 4.26. The summed E-state index contributed by atoms with van der Waals surface area (Å²) in [5, 5.41) is 10.1. The molecule has 3 unspecified atom stereocenters. The van der Waals surface area contributed by atoms with Crippen molar-refractivity contribution in [2.24, 2.45) is 11.8 Å². The molecule has 3 atom stereocenters. The molecule has 2 heterocycles. The van der Waals surface area contributed by atoms with Gasteiger partial charge in [0.15, 0.2) is 0 Å². The molecule has 14 heavy (non-hydrogen) atoms. The molecule has 0 spiro atoms. The van der Waals surface area contributed by atoms with E-state index in [1.54, 1.807) is 0 Å². The zero-order valence-electron chi connectivity index (χ0n) is 9.61. The Kier molecular flexibility index (Phi) is 2.85. The molecule has 2 saturated heterocycles. The fourth-order valence-electron chi connectivity index (χ4n) is 3.28. The molecule has 2 bridgehead atoms. The number of rotatable bonds is 2. The topological polar surface area (TPSA) is 23.5 Å². The van der Waals surface area contributed by atoms with Gasteiger partial charge in [-0.2, -0.15) is 0 Å². The van der Waals surface area contributed by atoms with Crippen molar-refractivity contribution in [2.45, 2.75) is 57.7 Å². The average Bonchev–Trinajstić information content (AvgIpc) is 2.42. The van der Waals surface area contributed by atoms with E-state index in [0.717, 1.165) is 12.1 Å². The number of piperidine rings is 1. The van der Waals surface area contributed by atoms with E-state index in [2.05, 4.69) is 25.8 Å². The van der Waals surface area contributed by atoms with Gasteiger partial charge in [0.05, 0.1) is 6.10 Å². The monoisotopic (exact) mass is 197 g/mol. The van der Waals surface area contributed by atoms with Crippen LogP contribution >= 0.6 is 0 Å². The van der Waals surface area contributed by atoms with Gasteiger partial charge in [-0.25, -0.2) is 0 Å². The predicted molar refractivity (Wildman–Crippen MR) is 58.1 cm³/mol. The summed E-state index contributed by atoms with van der Waals surface area (Å²) in [7, 11) is 2.25. The summed E-state index contributed by atoms with van der Waals surface area (Å²) in [6.07, 6.45) is 5.05. The summed E-state index contributed by atoms with van der Waals surface area (Å²) < 4.78 is 0. The van der Waals surface area contributed by atoms with E-state index in [9.17, 15) is 5.11 Å². The molecule has 2 aliphatic rings. The highest BCUT2D eigenvalue weighted by Gasteiger charge is 2.40. The van der Waals surface area contributed by atoms with Crippen LogP contribution in [0.25, 0.3) is 0 Å². The highest BCUT2D eigenvalue weighted by atomic mass is 16.3. The molecular weight excluding hydrogens is 174 g/mol. The molecular formula is C12H23NO. The van der Waals surface area contributed by atoms with Gasteiger partial charge in [-0.05, 0) is 44.6 Å². The quantitative estimate of drug-likeness (QED) is 0.730. The standard InChI is InChI=1S/C12H23NO/c1-8(2)12(14)9-6-10-4-5-11(7-9)13(10)3/h8-12,14H,4-7H2,1-3H3. The number of fused-ring (bicyclic) bond motifs is 2. The molecule has 0 aromatic carbocycles. The van der Waals surface area contributed by atoms with Gasteiger partial charge in [-0.3, -0.25) is 0 Å². The van der Waals surface area contributed by atoms with Crippen LogP contribution in [0.5, 0.6) is 0 Å². The Bertz CT molecular complexity index is 190. The van der Waals surface area contributed by atoms with Gasteiger partial charge in [0, 0.05) is 12.1 Å². The van der Waals surface area contributed by atoms with Gasteiger partial charge in [0.2, 0.25) is 0 Å². The third-order valence-electron chi connectivity index (χ3n) is 4.30. The molecule has 2 heteroatoms. The van der Waals surface area contributed by atoms with Gasteiger partial charge in [0.25, 0.3) is 0 Å². The van der Waals surface area contributed by atoms with Crippen LogP contribution in [-0.4, -0.2) is 35.2 Å². The van der Waals surface area contributed by atoms with E-state index in [1.807, 2.05) is 0 Å². The lowest BCUT2D eigenvalue weighted by molar-refractivity contribution is 0.0106. The normalized spacial score (nSPS) is 40.5. The molecule has 0 amide bonds. The Morgan fingerprint density at radius 1 is 1.14 bits per heavy atom. The van der Waals surface area contributed by atoms with Crippen molar-refractivity contribution in [3.05, 3.63) is 0 Å². The van der Waals surface area contributed by atoms with Crippen molar-refractivity contribution in [3.63, 3.8) is 0 Å². The van der Waals surface area contributed by atoms with Gasteiger partial charge in [-0.15, -0.1) is 0 Å². The molecule has 0 aliphatic carbocycles. The lowest BCUT2D eigenvalue weighted by Crippen LogP contribution is -2.44. The van der Waals surface area contributed by atoms with Crippen LogP contribution < -0.4 is 0 Å². The van der Waals surface area contributed by atoms with Crippen LogP contribution in [0.2, 0.25) is 0 Å². The highest BCUT2D eigenvalue weighted by Crippen LogP contribution is 2.39. The molecule has 1 N–H and O–H groups in total. The first-order chi connectivity index (χ1) is 6.59. The maximum atomic E-state index is 10.1. The van der Waals surface area contributed by atoms with Crippen molar-refractivity contribution < 1.29 is 5.11 Å². The maximum Gasteiger partial charge on any atom is 0.0592 e. The van der Waals surface area contributed by atoms with E-state index in [1.165, 1.54) is 25.7 Å². The molecule has 82 valence electrons. The Hall–Kier alpha value is -0.0800. The van der Waals surface area contributed by atoms with Gasteiger partial charge in [-0.1, -0.05) is 13.8 Å². The summed E-state index contributed by atoms with van der Waals surface area (Å²) in [4.78, 5) is 2.53. The first kappa shape index (κ1) is 10.4. The number of hydrogen-bond donors (Lipinski definition) is 1. The number of aliphatic hydroxyl groups excluding tert-OH is 1. The predicted octanol–water partition coefficient (Wildman–Crippen LogP) is 1.88.